The van der Waals surface area contributed by atoms with Gasteiger partial charge in [0, 0.05) is 19.3 Å². The molecule has 0 aliphatic rings. The highest BCUT2D eigenvalue weighted by Crippen LogP contribution is 2.27. The number of pyridine rings is 1. The van der Waals surface area contributed by atoms with Crippen molar-refractivity contribution in [2.45, 2.75) is 19.3 Å². The van der Waals surface area contributed by atoms with E-state index in [0.717, 1.165) is 0 Å². The number of aromatic nitrogens is 5. The average molecular weight is 433 g/mol. The quantitative estimate of drug-likeness (QED) is 0.434. The molecule has 0 atom stereocenters. The second-order valence-corrected chi connectivity index (χ2v) is 6.36. The number of aliphatic hydroxyl groups excluding tert-OH is 1. The van der Waals surface area contributed by atoms with E-state index in [0.29, 0.717) is 11.2 Å². The molecule has 0 aromatic carbocycles. The van der Waals surface area contributed by atoms with Gasteiger partial charge in [-0.1, -0.05) is 0 Å². The maximum Gasteiger partial charge on any atom is 0.411 e. The van der Waals surface area contributed by atoms with Gasteiger partial charge in [0.05, 0.1) is 25.4 Å². The van der Waals surface area contributed by atoms with Crippen LogP contribution in [0.2, 0.25) is 5.28 Å². The van der Waals surface area contributed by atoms with Crippen LogP contribution in [0.4, 0.5) is 24.7 Å². The van der Waals surface area contributed by atoms with E-state index in [1.54, 1.807) is 7.05 Å². The van der Waals surface area contributed by atoms with Gasteiger partial charge in [-0.2, -0.15) is 23.3 Å². The smallest absolute Gasteiger partial charge is 0.390 e. The summed E-state index contributed by atoms with van der Waals surface area (Å²) in [5, 5.41) is 16.6. The van der Waals surface area contributed by atoms with Gasteiger partial charge in [0.15, 0.2) is 5.82 Å². The van der Waals surface area contributed by atoms with E-state index in [1.165, 1.54) is 27.6 Å². The minimum atomic E-state index is -4.44. The fourth-order valence-corrected chi connectivity index (χ4v) is 2.78. The van der Waals surface area contributed by atoms with Crippen LogP contribution < -0.4 is 10.9 Å². The molecule has 3 aromatic rings. The van der Waals surface area contributed by atoms with E-state index in [4.69, 9.17) is 11.6 Å². The number of fused-ring (bicyclic) bond motifs is 1. The van der Waals surface area contributed by atoms with Crippen molar-refractivity contribution >= 4 is 34.1 Å². The van der Waals surface area contributed by atoms with Crippen molar-refractivity contribution in [3.05, 3.63) is 39.7 Å². The largest absolute Gasteiger partial charge is 0.411 e. The standard InChI is InChI=1S/C16H16ClF3N6O3/c1-25-6-9(2-3-11(25)28)21-14-13-12(22-15(17)23-14)10(7-27)24-26(13)4-5-29-8-16(18,19)20/h2-3,6,27H,4-5,7-8H2,1H3,(H,21,22,23). The highest BCUT2D eigenvalue weighted by Gasteiger charge is 2.27. The van der Waals surface area contributed by atoms with E-state index in [-0.39, 0.29) is 41.0 Å². The topological polar surface area (TPSA) is 107 Å². The maximum absolute atomic E-state index is 12.3. The summed E-state index contributed by atoms with van der Waals surface area (Å²) >= 11 is 5.98. The third-order valence-corrected chi connectivity index (χ3v) is 4.01. The molecule has 3 aromatic heterocycles. The highest BCUT2D eigenvalue weighted by atomic mass is 35.5. The molecule has 0 radical (unpaired) electrons. The Morgan fingerprint density at radius 3 is 2.72 bits per heavy atom. The highest BCUT2D eigenvalue weighted by molar-refractivity contribution is 6.28. The summed E-state index contributed by atoms with van der Waals surface area (Å²) in [5.74, 6) is 0.210. The monoisotopic (exact) mass is 432 g/mol. The Hall–Kier alpha value is -2.70. The molecule has 0 fully saturated rings. The van der Waals surface area contributed by atoms with Crippen LogP contribution in [-0.4, -0.2) is 48.8 Å². The first-order valence-corrected chi connectivity index (χ1v) is 8.67. The van der Waals surface area contributed by atoms with E-state index < -0.39 is 19.4 Å². The van der Waals surface area contributed by atoms with Crippen LogP contribution in [0.5, 0.6) is 0 Å². The van der Waals surface area contributed by atoms with Crippen LogP contribution in [-0.2, 0) is 24.9 Å². The molecule has 3 rings (SSSR count). The molecule has 9 nitrogen and oxygen atoms in total. The van der Waals surface area contributed by atoms with Crippen LogP contribution in [0.1, 0.15) is 5.69 Å². The number of nitrogens with one attached hydrogen (secondary N) is 1. The number of aliphatic hydroxyl groups is 1. The third-order valence-electron chi connectivity index (χ3n) is 3.84. The summed E-state index contributed by atoms with van der Waals surface area (Å²) in [4.78, 5) is 19.7. The molecule has 0 aliphatic heterocycles. The normalized spacial score (nSPS) is 11.9. The Morgan fingerprint density at radius 1 is 1.31 bits per heavy atom. The number of alkyl halides is 3. The van der Waals surface area contributed by atoms with E-state index in [1.807, 2.05) is 0 Å². The van der Waals surface area contributed by atoms with Crippen LogP contribution in [0.25, 0.3) is 11.0 Å². The Bertz CT molecular complexity index is 1080. The van der Waals surface area contributed by atoms with E-state index >= 15 is 0 Å². The van der Waals surface area contributed by atoms with Crippen molar-refractivity contribution < 1.29 is 23.0 Å². The number of rotatable bonds is 7. The van der Waals surface area contributed by atoms with Gasteiger partial charge >= 0.3 is 6.18 Å². The summed E-state index contributed by atoms with van der Waals surface area (Å²) in [6, 6.07) is 2.88. The summed E-state index contributed by atoms with van der Waals surface area (Å²) in [5.41, 5.74) is 1.05. The van der Waals surface area contributed by atoms with Gasteiger partial charge in [-0.3, -0.25) is 9.48 Å². The van der Waals surface area contributed by atoms with Crippen molar-refractivity contribution in [2.75, 3.05) is 18.5 Å². The first-order chi connectivity index (χ1) is 13.7. The molecule has 0 aliphatic carbocycles. The van der Waals surface area contributed by atoms with Crippen molar-refractivity contribution in [1.82, 2.24) is 24.3 Å². The van der Waals surface area contributed by atoms with Crippen LogP contribution in [0.3, 0.4) is 0 Å². The van der Waals surface area contributed by atoms with Crippen LogP contribution >= 0.6 is 11.6 Å². The van der Waals surface area contributed by atoms with Crippen LogP contribution in [0.15, 0.2) is 23.1 Å². The van der Waals surface area contributed by atoms with Gasteiger partial charge in [-0.15, -0.1) is 0 Å². The predicted molar refractivity (Wildman–Crippen MR) is 98.1 cm³/mol. The fourth-order valence-electron chi connectivity index (χ4n) is 2.62. The predicted octanol–water partition coefficient (Wildman–Crippen LogP) is 1.99. The molecule has 0 spiro atoms. The summed E-state index contributed by atoms with van der Waals surface area (Å²) < 4.78 is 44.1. The SMILES string of the molecule is Cn1cc(Nc2nc(Cl)nc3c(CO)nn(CCOCC(F)(F)F)c23)ccc1=O. The third kappa shape index (κ3) is 5.02. The van der Waals surface area contributed by atoms with E-state index in [9.17, 15) is 23.1 Å². The lowest BCUT2D eigenvalue weighted by Crippen LogP contribution is -2.19. The first kappa shape index (κ1) is 21.0. The molecule has 0 saturated carbocycles. The number of nitrogens with zero attached hydrogens (tertiary/aromatic N) is 5. The summed E-state index contributed by atoms with van der Waals surface area (Å²) in [6.07, 6.45) is -2.90. The molecule has 0 saturated heterocycles. The molecule has 29 heavy (non-hydrogen) atoms. The number of hydrogen-bond donors (Lipinski definition) is 2. The lowest BCUT2D eigenvalue weighted by atomic mass is 10.3. The Kier molecular flexibility index (Phi) is 6.05. The number of aryl methyl sites for hydroxylation is 1. The summed E-state index contributed by atoms with van der Waals surface area (Å²) in [7, 11) is 1.57. The zero-order chi connectivity index (χ0) is 21.2. The number of halogens is 4. The molecule has 156 valence electrons. The van der Waals surface area contributed by atoms with E-state index in [2.05, 4.69) is 25.1 Å². The second kappa shape index (κ2) is 8.35. The Morgan fingerprint density at radius 2 is 2.07 bits per heavy atom. The Labute approximate surface area is 166 Å². The molecule has 13 heteroatoms. The lowest BCUT2D eigenvalue weighted by Gasteiger charge is -2.11. The van der Waals surface area contributed by atoms with Gasteiger partial charge in [-0.05, 0) is 17.7 Å². The Balaban J connectivity index is 1.96. The summed E-state index contributed by atoms with van der Waals surface area (Å²) in [6.45, 7) is -2.16. The van der Waals surface area contributed by atoms with Crippen molar-refractivity contribution in [2.24, 2.45) is 7.05 Å². The molecular weight excluding hydrogens is 417 g/mol. The van der Waals surface area contributed by atoms with Crippen molar-refractivity contribution in [3.8, 4) is 0 Å². The first-order valence-electron chi connectivity index (χ1n) is 8.30. The molecule has 2 N–H and O–H groups in total. The molecular formula is C16H16ClF3N6O3. The van der Waals surface area contributed by atoms with Crippen molar-refractivity contribution in [1.29, 1.82) is 0 Å². The zero-order valence-electron chi connectivity index (χ0n) is 15.1. The average Bonchev–Trinajstić information content (AvgIpc) is 2.99. The number of hydrogen-bond acceptors (Lipinski definition) is 7. The number of anilines is 2. The van der Waals surface area contributed by atoms with Gasteiger partial charge < -0.3 is 19.7 Å². The van der Waals surface area contributed by atoms with Gasteiger partial charge in [0.1, 0.15) is 23.3 Å². The lowest BCUT2D eigenvalue weighted by molar-refractivity contribution is -0.174. The second-order valence-electron chi connectivity index (χ2n) is 6.03. The molecule has 0 amide bonds. The van der Waals surface area contributed by atoms with Crippen molar-refractivity contribution in [3.63, 3.8) is 0 Å². The van der Waals surface area contributed by atoms with Crippen LogP contribution in [0, 0.1) is 0 Å². The van der Waals surface area contributed by atoms with Gasteiger partial charge in [0.2, 0.25) is 10.8 Å². The minimum Gasteiger partial charge on any atom is -0.390 e. The fraction of sp³-hybridized carbons (Fsp3) is 0.375. The molecule has 0 bridgehead atoms. The van der Waals surface area contributed by atoms with Gasteiger partial charge in [-0.25, -0.2) is 4.98 Å². The molecule has 0 unspecified atom stereocenters. The number of ether oxygens (including phenoxy) is 1. The minimum absolute atomic E-state index is 0.0421. The maximum atomic E-state index is 12.3. The van der Waals surface area contributed by atoms with Gasteiger partial charge in [0.25, 0.3) is 0 Å². The molecule has 3 heterocycles. The zero-order valence-corrected chi connectivity index (χ0v) is 15.8.